The summed E-state index contributed by atoms with van der Waals surface area (Å²) in [5, 5.41) is 13.3. The Morgan fingerprint density at radius 3 is 2.45 bits per heavy atom. The van der Waals surface area contributed by atoms with Crippen LogP contribution < -0.4 is 10.4 Å². The van der Waals surface area contributed by atoms with Gasteiger partial charge in [0.15, 0.2) is 5.76 Å². The number of hydrogen-bond acceptors (Lipinski definition) is 4. The van der Waals surface area contributed by atoms with Crippen LogP contribution in [0.25, 0.3) is 6.08 Å². The van der Waals surface area contributed by atoms with Crippen LogP contribution in [0.1, 0.15) is 16.1 Å². The van der Waals surface area contributed by atoms with E-state index in [1.54, 1.807) is 24.3 Å². The van der Waals surface area contributed by atoms with Crippen molar-refractivity contribution in [1.82, 2.24) is 5.32 Å². The summed E-state index contributed by atoms with van der Waals surface area (Å²) in [5.74, 6) is -2.11. The zero-order valence-electron chi connectivity index (χ0n) is 10.1. The topological polar surface area (TPSA) is 82.4 Å². The second kappa shape index (κ2) is 6.21. The highest BCUT2D eigenvalue weighted by molar-refractivity contribution is 9.10. The fraction of sp³-hybridized carbons (Fsp3) is 0. The Labute approximate surface area is 123 Å². The summed E-state index contributed by atoms with van der Waals surface area (Å²) in [6, 6.07) is 9.88. The molecule has 5 nitrogen and oxygen atoms in total. The molecule has 1 aromatic heterocycles. The van der Waals surface area contributed by atoms with Crippen LogP contribution in [0, 0.1) is 0 Å². The first-order valence-corrected chi connectivity index (χ1v) is 6.39. The molecule has 6 heteroatoms. The van der Waals surface area contributed by atoms with Gasteiger partial charge in [-0.2, -0.15) is 0 Å². The van der Waals surface area contributed by atoms with E-state index in [-0.39, 0.29) is 11.5 Å². The molecule has 0 atom stereocenters. The van der Waals surface area contributed by atoms with Gasteiger partial charge in [-0.15, -0.1) is 0 Å². The largest absolute Gasteiger partial charge is 0.543 e. The van der Waals surface area contributed by atoms with Gasteiger partial charge in [-0.1, -0.05) is 28.1 Å². The standard InChI is InChI=1S/C14H10BrNO4/c15-10-5-3-9(4-6-10)8-11(14(18)19)16-13(17)12-2-1-7-20-12/h1-8H,(H,16,17)(H,18,19)/p-1/b11-8-. The van der Waals surface area contributed by atoms with Gasteiger partial charge in [0, 0.05) is 4.47 Å². The van der Waals surface area contributed by atoms with Crippen LogP contribution >= 0.6 is 15.9 Å². The van der Waals surface area contributed by atoms with Gasteiger partial charge in [0.25, 0.3) is 5.91 Å². The van der Waals surface area contributed by atoms with E-state index in [1.165, 1.54) is 24.5 Å². The molecule has 0 bridgehead atoms. The summed E-state index contributed by atoms with van der Waals surface area (Å²) < 4.78 is 5.75. The Kier molecular flexibility index (Phi) is 4.37. The monoisotopic (exact) mass is 334 g/mol. The molecule has 1 amide bonds. The van der Waals surface area contributed by atoms with Crippen molar-refractivity contribution in [3.05, 3.63) is 64.2 Å². The van der Waals surface area contributed by atoms with Crippen molar-refractivity contribution in [3.63, 3.8) is 0 Å². The van der Waals surface area contributed by atoms with Crippen molar-refractivity contribution in [2.24, 2.45) is 0 Å². The number of furan rings is 1. The Hall–Kier alpha value is -2.34. The number of carbonyl (C=O) groups excluding carboxylic acids is 2. The number of carboxylic acids is 1. The summed E-state index contributed by atoms with van der Waals surface area (Å²) in [4.78, 5) is 22.8. The second-order valence-corrected chi connectivity index (χ2v) is 4.74. The number of carbonyl (C=O) groups is 2. The highest BCUT2D eigenvalue weighted by Crippen LogP contribution is 2.13. The number of carboxylic acid groups (broad SMARTS) is 1. The summed E-state index contributed by atoms with van der Waals surface area (Å²) in [5.41, 5.74) is 0.279. The maximum atomic E-state index is 11.7. The quantitative estimate of drug-likeness (QED) is 0.860. The molecule has 0 aliphatic heterocycles. The molecule has 0 unspecified atom stereocenters. The molecule has 0 radical (unpaired) electrons. The summed E-state index contributed by atoms with van der Waals surface area (Å²) in [7, 11) is 0. The van der Waals surface area contributed by atoms with Gasteiger partial charge in [0.05, 0.1) is 17.9 Å². The van der Waals surface area contributed by atoms with E-state index in [0.717, 1.165) is 4.47 Å². The molecule has 0 aliphatic rings. The molecule has 2 aromatic rings. The molecule has 2 rings (SSSR count). The fourth-order valence-electron chi connectivity index (χ4n) is 1.46. The van der Waals surface area contributed by atoms with E-state index in [0.29, 0.717) is 5.56 Å². The van der Waals surface area contributed by atoms with Crippen molar-refractivity contribution in [1.29, 1.82) is 0 Å². The van der Waals surface area contributed by atoms with E-state index in [1.807, 2.05) is 0 Å². The third kappa shape index (κ3) is 3.58. The van der Waals surface area contributed by atoms with Crippen molar-refractivity contribution in [2.45, 2.75) is 0 Å². The minimum absolute atomic E-state index is 0.0213. The van der Waals surface area contributed by atoms with E-state index in [2.05, 4.69) is 21.2 Å². The van der Waals surface area contributed by atoms with Gasteiger partial charge in [-0.3, -0.25) is 4.79 Å². The van der Waals surface area contributed by atoms with Gasteiger partial charge in [-0.25, -0.2) is 0 Å². The normalized spacial score (nSPS) is 11.2. The zero-order chi connectivity index (χ0) is 14.5. The lowest BCUT2D eigenvalue weighted by atomic mass is 10.2. The summed E-state index contributed by atoms with van der Waals surface area (Å²) >= 11 is 3.28. The molecule has 1 heterocycles. The summed E-state index contributed by atoms with van der Waals surface area (Å²) in [6.07, 6.45) is 2.63. The molecule has 1 N–H and O–H groups in total. The van der Waals surface area contributed by atoms with Gasteiger partial charge < -0.3 is 19.6 Å². The molecule has 0 aliphatic carbocycles. The number of hydrogen-bond donors (Lipinski definition) is 1. The Bertz CT molecular complexity index is 644. The molecule has 0 saturated heterocycles. The van der Waals surface area contributed by atoms with Crippen molar-refractivity contribution < 1.29 is 19.1 Å². The lowest BCUT2D eigenvalue weighted by molar-refractivity contribution is -0.299. The predicted molar refractivity (Wildman–Crippen MR) is 73.3 cm³/mol. The van der Waals surface area contributed by atoms with Gasteiger partial charge >= 0.3 is 0 Å². The number of aliphatic carboxylic acids is 1. The van der Waals surface area contributed by atoms with Gasteiger partial charge in [0.2, 0.25) is 0 Å². The third-order valence-electron chi connectivity index (χ3n) is 2.39. The highest BCUT2D eigenvalue weighted by atomic mass is 79.9. The summed E-state index contributed by atoms with van der Waals surface area (Å²) in [6.45, 7) is 0. The number of benzene rings is 1. The van der Waals surface area contributed by atoms with Crippen molar-refractivity contribution in [2.75, 3.05) is 0 Å². The average Bonchev–Trinajstić information content (AvgIpc) is 2.94. The average molecular weight is 335 g/mol. The maximum Gasteiger partial charge on any atom is 0.291 e. The van der Waals surface area contributed by atoms with Crippen LogP contribution in [-0.4, -0.2) is 11.9 Å². The molecule has 0 fully saturated rings. The van der Waals surface area contributed by atoms with Gasteiger partial charge in [0.1, 0.15) is 0 Å². The number of nitrogens with one attached hydrogen (secondary N) is 1. The van der Waals surface area contributed by atoms with Gasteiger partial charge in [-0.05, 0) is 35.9 Å². The van der Waals surface area contributed by atoms with Crippen LogP contribution in [0.3, 0.4) is 0 Å². The maximum absolute atomic E-state index is 11.7. The lowest BCUT2D eigenvalue weighted by Crippen LogP contribution is -2.35. The highest BCUT2D eigenvalue weighted by Gasteiger charge is 2.10. The van der Waals surface area contributed by atoms with E-state index in [4.69, 9.17) is 4.42 Å². The molecule has 0 spiro atoms. The number of rotatable bonds is 4. The first-order chi connectivity index (χ1) is 9.56. The minimum atomic E-state index is -1.48. The Balaban J connectivity index is 2.21. The smallest absolute Gasteiger partial charge is 0.291 e. The minimum Gasteiger partial charge on any atom is -0.543 e. The SMILES string of the molecule is O=C([O-])/C(=C/c1ccc(Br)cc1)NC(=O)c1ccco1. The first-order valence-electron chi connectivity index (χ1n) is 5.60. The van der Waals surface area contributed by atoms with Crippen LogP contribution in [0.15, 0.2) is 57.2 Å². The van der Waals surface area contributed by atoms with Crippen molar-refractivity contribution in [3.8, 4) is 0 Å². The van der Waals surface area contributed by atoms with E-state index < -0.39 is 11.9 Å². The lowest BCUT2D eigenvalue weighted by Gasteiger charge is -2.09. The number of halogens is 1. The van der Waals surface area contributed by atoms with E-state index in [9.17, 15) is 14.7 Å². The second-order valence-electron chi connectivity index (χ2n) is 3.83. The Morgan fingerprint density at radius 2 is 1.90 bits per heavy atom. The Morgan fingerprint density at radius 1 is 1.20 bits per heavy atom. The first kappa shape index (κ1) is 14.1. The van der Waals surface area contributed by atoms with E-state index >= 15 is 0 Å². The van der Waals surface area contributed by atoms with Crippen molar-refractivity contribution >= 4 is 33.9 Å². The van der Waals surface area contributed by atoms with Crippen LogP contribution in [0.5, 0.6) is 0 Å². The zero-order valence-corrected chi connectivity index (χ0v) is 11.7. The van der Waals surface area contributed by atoms with Crippen LogP contribution in [0.2, 0.25) is 0 Å². The molecule has 20 heavy (non-hydrogen) atoms. The molecule has 1 aromatic carbocycles. The predicted octanol–water partition coefficient (Wildman–Crippen LogP) is 1.56. The third-order valence-corrected chi connectivity index (χ3v) is 2.92. The molecular formula is C14H9BrNO4-. The fourth-order valence-corrected chi connectivity index (χ4v) is 1.73. The molecule has 102 valence electrons. The van der Waals surface area contributed by atoms with Crippen LogP contribution in [-0.2, 0) is 4.79 Å². The van der Waals surface area contributed by atoms with Crippen LogP contribution in [0.4, 0.5) is 0 Å². The molecular weight excluding hydrogens is 326 g/mol. The molecule has 0 saturated carbocycles. The number of amides is 1.